The summed E-state index contributed by atoms with van der Waals surface area (Å²) in [6.45, 7) is 5.20. The second-order valence-corrected chi connectivity index (χ2v) is 4.32. The smallest absolute Gasteiger partial charge is 0.340 e. The summed E-state index contributed by atoms with van der Waals surface area (Å²) in [7, 11) is 1.35. The second kappa shape index (κ2) is 6.89. The van der Waals surface area contributed by atoms with E-state index in [0.29, 0.717) is 17.2 Å². The normalized spacial score (nSPS) is 10.4. The van der Waals surface area contributed by atoms with E-state index >= 15 is 0 Å². The molecule has 0 aliphatic heterocycles. The first-order valence-corrected chi connectivity index (χ1v) is 6.34. The molecule has 0 radical (unpaired) electrons. The first kappa shape index (κ1) is 14.4. The van der Waals surface area contributed by atoms with Crippen molar-refractivity contribution in [2.75, 3.05) is 24.7 Å². The molecule has 0 unspecified atom stereocenters. The van der Waals surface area contributed by atoms with Crippen molar-refractivity contribution in [3.63, 3.8) is 0 Å². The van der Waals surface area contributed by atoms with Crippen LogP contribution in [0.3, 0.4) is 0 Å². The highest BCUT2D eigenvalue weighted by molar-refractivity contribution is 5.98. The number of ether oxygens (including phenoxy) is 1. The zero-order valence-corrected chi connectivity index (χ0v) is 11.3. The third-order valence-corrected chi connectivity index (χ3v) is 3.25. The number of rotatable bonds is 6. The van der Waals surface area contributed by atoms with E-state index in [1.54, 1.807) is 12.1 Å². The number of carbonyl (C=O) groups is 1. The van der Waals surface area contributed by atoms with Gasteiger partial charge >= 0.3 is 5.97 Å². The maximum absolute atomic E-state index is 11.5. The summed E-state index contributed by atoms with van der Waals surface area (Å²) in [6, 6.07) is 5.35. The number of nitrogens with one attached hydrogen (secondary N) is 1. The molecule has 1 aromatic carbocycles. The van der Waals surface area contributed by atoms with Gasteiger partial charge in [0.1, 0.15) is 0 Å². The summed E-state index contributed by atoms with van der Waals surface area (Å²) < 4.78 is 4.69. The lowest BCUT2D eigenvalue weighted by atomic mass is 10.0. The Morgan fingerprint density at radius 1 is 1.39 bits per heavy atom. The summed E-state index contributed by atoms with van der Waals surface area (Å²) in [6.07, 6.45) is 2.25. The highest BCUT2D eigenvalue weighted by atomic mass is 16.5. The molecule has 0 amide bonds. The van der Waals surface area contributed by atoms with Gasteiger partial charge in [0, 0.05) is 6.54 Å². The third-order valence-electron chi connectivity index (χ3n) is 3.25. The van der Waals surface area contributed by atoms with Crippen molar-refractivity contribution in [2.24, 2.45) is 5.92 Å². The molecule has 0 saturated carbocycles. The minimum absolute atomic E-state index is 0.404. The number of carbonyl (C=O) groups excluding carboxylic acids is 1. The van der Waals surface area contributed by atoms with E-state index in [1.807, 2.05) is 6.07 Å². The van der Waals surface area contributed by atoms with Crippen LogP contribution in [0.4, 0.5) is 11.4 Å². The number of hydrogen-bond donors (Lipinski definition) is 2. The summed E-state index contributed by atoms with van der Waals surface area (Å²) in [5.74, 6) is 0.213. The molecule has 1 aromatic rings. The topological polar surface area (TPSA) is 64.3 Å². The van der Waals surface area contributed by atoms with E-state index < -0.39 is 5.97 Å². The van der Waals surface area contributed by atoms with Crippen LogP contribution in [0.1, 0.15) is 37.0 Å². The Balaban J connectivity index is 2.81. The highest BCUT2D eigenvalue weighted by Gasteiger charge is 2.13. The molecular weight excluding hydrogens is 228 g/mol. The van der Waals surface area contributed by atoms with Crippen molar-refractivity contribution in [3.05, 3.63) is 23.8 Å². The van der Waals surface area contributed by atoms with Crippen LogP contribution in [-0.4, -0.2) is 19.6 Å². The van der Waals surface area contributed by atoms with Crippen LogP contribution < -0.4 is 11.1 Å². The first-order chi connectivity index (χ1) is 8.63. The number of para-hydroxylation sites is 1. The largest absolute Gasteiger partial charge is 0.465 e. The Morgan fingerprint density at radius 3 is 2.61 bits per heavy atom. The van der Waals surface area contributed by atoms with E-state index in [1.165, 1.54) is 7.11 Å². The minimum atomic E-state index is -0.404. The molecule has 0 atom stereocenters. The van der Waals surface area contributed by atoms with E-state index in [4.69, 9.17) is 10.5 Å². The molecule has 0 aromatic heterocycles. The van der Waals surface area contributed by atoms with Crippen LogP contribution in [0.5, 0.6) is 0 Å². The van der Waals surface area contributed by atoms with E-state index in [0.717, 1.165) is 25.1 Å². The molecule has 18 heavy (non-hydrogen) atoms. The van der Waals surface area contributed by atoms with E-state index in [9.17, 15) is 4.79 Å². The Morgan fingerprint density at radius 2 is 2.06 bits per heavy atom. The van der Waals surface area contributed by atoms with Gasteiger partial charge in [-0.15, -0.1) is 0 Å². The predicted octanol–water partition coefficient (Wildman–Crippen LogP) is 2.90. The van der Waals surface area contributed by atoms with Crippen LogP contribution >= 0.6 is 0 Å². The standard InChI is InChI=1S/C14H22N2O2/c1-4-10(5-2)9-16-12-8-6-7-11(13(12)15)14(17)18-3/h6-8,10,16H,4-5,9,15H2,1-3H3. The number of nitrogen functional groups attached to an aromatic ring is 1. The molecule has 0 spiro atoms. The number of methoxy groups -OCH3 is 1. The van der Waals surface area contributed by atoms with Crippen molar-refractivity contribution < 1.29 is 9.53 Å². The van der Waals surface area contributed by atoms with E-state index in [2.05, 4.69) is 19.2 Å². The molecule has 1 rings (SSSR count). The van der Waals surface area contributed by atoms with Gasteiger partial charge in [-0.1, -0.05) is 32.8 Å². The predicted molar refractivity (Wildman–Crippen MR) is 74.8 cm³/mol. The number of esters is 1. The van der Waals surface area contributed by atoms with Gasteiger partial charge in [-0.25, -0.2) is 4.79 Å². The fourth-order valence-electron chi connectivity index (χ4n) is 1.84. The highest BCUT2D eigenvalue weighted by Crippen LogP contribution is 2.24. The molecule has 0 bridgehead atoms. The van der Waals surface area contributed by atoms with Crippen molar-refractivity contribution in [1.29, 1.82) is 0 Å². The van der Waals surface area contributed by atoms with Gasteiger partial charge in [0.25, 0.3) is 0 Å². The number of hydrogen-bond acceptors (Lipinski definition) is 4. The lowest BCUT2D eigenvalue weighted by Crippen LogP contribution is -2.15. The lowest BCUT2D eigenvalue weighted by Gasteiger charge is -2.16. The van der Waals surface area contributed by atoms with Gasteiger partial charge in [-0.3, -0.25) is 0 Å². The van der Waals surface area contributed by atoms with Gasteiger partial charge in [-0.05, 0) is 18.1 Å². The molecule has 4 heteroatoms. The monoisotopic (exact) mass is 250 g/mol. The fraction of sp³-hybridized carbons (Fsp3) is 0.500. The molecule has 0 aliphatic rings. The van der Waals surface area contributed by atoms with Crippen LogP contribution in [0.2, 0.25) is 0 Å². The lowest BCUT2D eigenvalue weighted by molar-refractivity contribution is 0.0602. The van der Waals surface area contributed by atoms with Gasteiger partial charge < -0.3 is 15.8 Å². The molecule has 0 saturated heterocycles. The van der Waals surface area contributed by atoms with Crippen LogP contribution in [0, 0.1) is 5.92 Å². The summed E-state index contributed by atoms with van der Waals surface area (Å²) in [5.41, 5.74) is 7.63. The molecule has 0 heterocycles. The maximum atomic E-state index is 11.5. The quantitative estimate of drug-likeness (QED) is 0.602. The van der Waals surface area contributed by atoms with Crippen molar-refractivity contribution in [1.82, 2.24) is 0 Å². The minimum Gasteiger partial charge on any atom is -0.465 e. The number of nitrogens with two attached hydrogens (primary N) is 1. The Bertz CT molecular complexity index is 401. The van der Waals surface area contributed by atoms with Gasteiger partial charge in [-0.2, -0.15) is 0 Å². The Kier molecular flexibility index (Phi) is 5.49. The zero-order valence-electron chi connectivity index (χ0n) is 11.3. The van der Waals surface area contributed by atoms with Gasteiger partial charge in [0.05, 0.1) is 24.0 Å². The third kappa shape index (κ3) is 3.39. The second-order valence-electron chi connectivity index (χ2n) is 4.32. The zero-order chi connectivity index (χ0) is 13.5. The molecule has 3 N–H and O–H groups in total. The summed E-state index contributed by atoms with van der Waals surface area (Å²) in [5, 5.41) is 3.30. The summed E-state index contributed by atoms with van der Waals surface area (Å²) in [4.78, 5) is 11.5. The molecule has 0 aliphatic carbocycles. The van der Waals surface area contributed by atoms with E-state index in [-0.39, 0.29) is 0 Å². The average molecular weight is 250 g/mol. The molecule has 4 nitrogen and oxygen atoms in total. The SMILES string of the molecule is CCC(CC)CNc1cccc(C(=O)OC)c1N. The Labute approximate surface area is 109 Å². The average Bonchev–Trinajstić information content (AvgIpc) is 2.40. The molecular formula is C14H22N2O2. The van der Waals surface area contributed by atoms with Crippen LogP contribution in [0.15, 0.2) is 18.2 Å². The van der Waals surface area contributed by atoms with Gasteiger partial charge in [0.2, 0.25) is 0 Å². The molecule has 0 fully saturated rings. The van der Waals surface area contributed by atoms with Crippen molar-refractivity contribution in [3.8, 4) is 0 Å². The summed E-state index contributed by atoms with van der Waals surface area (Å²) >= 11 is 0. The first-order valence-electron chi connectivity index (χ1n) is 6.34. The maximum Gasteiger partial charge on any atom is 0.340 e. The van der Waals surface area contributed by atoms with Gasteiger partial charge in [0.15, 0.2) is 0 Å². The van der Waals surface area contributed by atoms with Crippen LogP contribution in [-0.2, 0) is 4.74 Å². The van der Waals surface area contributed by atoms with Crippen molar-refractivity contribution >= 4 is 17.3 Å². The number of anilines is 2. The fourth-order valence-corrected chi connectivity index (χ4v) is 1.84. The van der Waals surface area contributed by atoms with Crippen LogP contribution in [0.25, 0.3) is 0 Å². The molecule has 100 valence electrons. The van der Waals surface area contributed by atoms with Crippen molar-refractivity contribution in [2.45, 2.75) is 26.7 Å². The number of benzene rings is 1. The Hall–Kier alpha value is -1.71.